The van der Waals surface area contributed by atoms with E-state index in [4.69, 9.17) is 23.2 Å². The van der Waals surface area contributed by atoms with E-state index in [0.717, 1.165) is 0 Å². The Labute approximate surface area is 138 Å². The van der Waals surface area contributed by atoms with Gasteiger partial charge in [0.2, 0.25) is 0 Å². The van der Waals surface area contributed by atoms with Crippen molar-refractivity contribution in [3.8, 4) is 0 Å². The summed E-state index contributed by atoms with van der Waals surface area (Å²) in [6, 6.07) is 11.1. The number of carbonyl (C=O) groups is 1. The molecule has 0 amide bonds. The third-order valence-electron chi connectivity index (χ3n) is 3.39. The van der Waals surface area contributed by atoms with E-state index >= 15 is 0 Å². The summed E-state index contributed by atoms with van der Waals surface area (Å²) in [6.45, 7) is 0. The molecule has 0 atom stereocenters. The highest BCUT2D eigenvalue weighted by molar-refractivity contribution is 7.91. The number of carbonyl (C=O) groups excluding carboxylic acids is 1. The van der Waals surface area contributed by atoms with E-state index in [2.05, 4.69) is 0 Å². The van der Waals surface area contributed by atoms with Crippen molar-refractivity contribution in [2.75, 3.05) is 5.75 Å². The van der Waals surface area contributed by atoms with Crippen molar-refractivity contribution in [1.29, 1.82) is 0 Å². The fourth-order valence-corrected chi connectivity index (χ4v) is 4.22. The maximum atomic E-state index is 12.5. The van der Waals surface area contributed by atoms with E-state index in [-0.39, 0.29) is 27.6 Å². The van der Waals surface area contributed by atoms with Crippen LogP contribution in [-0.2, 0) is 9.84 Å². The van der Waals surface area contributed by atoms with Crippen LogP contribution in [0.1, 0.15) is 15.9 Å². The maximum absolute atomic E-state index is 12.5. The fraction of sp³-hybridized carbons (Fsp3) is 0.0625. The Hall–Kier alpha value is -1.62. The summed E-state index contributed by atoms with van der Waals surface area (Å²) in [6.07, 6.45) is 1.54. The molecule has 0 saturated heterocycles. The van der Waals surface area contributed by atoms with Crippen molar-refractivity contribution in [3.63, 3.8) is 0 Å². The molecule has 6 heteroatoms. The van der Waals surface area contributed by atoms with Gasteiger partial charge in [0.1, 0.15) is 0 Å². The lowest BCUT2D eigenvalue weighted by Gasteiger charge is -2.17. The molecule has 1 heterocycles. The van der Waals surface area contributed by atoms with E-state index in [1.165, 1.54) is 18.2 Å². The van der Waals surface area contributed by atoms with Gasteiger partial charge in [-0.3, -0.25) is 4.79 Å². The number of hydrogen-bond donors (Lipinski definition) is 0. The molecule has 22 heavy (non-hydrogen) atoms. The van der Waals surface area contributed by atoms with Gasteiger partial charge in [-0.15, -0.1) is 0 Å². The zero-order valence-electron chi connectivity index (χ0n) is 11.2. The highest BCUT2D eigenvalue weighted by Crippen LogP contribution is 2.30. The summed E-state index contributed by atoms with van der Waals surface area (Å²) in [5.74, 6) is -0.597. The molecule has 3 nitrogen and oxygen atoms in total. The van der Waals surface area contributed by atoms with Gasteiger partial charge in [-0.2, -0.15) is 0 Å². The molecule has 0 saturated carbocycles. The summed E-state index contributed by atoms with van der Waals surface area (Å²) < 4.78 is 24.6. The second-order valence-electron chi connectivity index (χ2n) is 4.93. The normalized spacial score (nSPS) is 18.3. The molecule has 0 bridgehead atoms. The van der Waals surface area contributed by atoms with Crippen LogP contribution in [0, 0.1) is 0 Å². The second-order valence-corrected chi connectivity index (χ2v) is 7.70. The molecule has 3 rings (SSSR count). The molecule has 0 aromatic heterocycles. The summed E-state index contributed by atoms with van der Waals surface area (Å²) in [7, 11) is -3.51. The minimum atomic E-state index is -3.51. The first kappa shape index (κ1) is 15.3. The van der Waals surface area contributed by atoms with Gasteiger partial charge in [0.15, 0.2) is 15.6 Å². The minimum absolute atomic E-state index is 0.0892. The topological polar surface area (TPSA) is 51.2 Å². The van der Waals surface area contributed by atoms with Gasteiger partial charge in [-0.25, -0.2) is 8.42 Å². The van der Waals surface area contributed by atoms with Crippen LogP contribution in [-0.4, -0.2) is 20.0 Å². The Morgan fingerprint density at radius 2 is 1.73 bits per heavy atom. The van der Waals surface area contributed by atoms with Gasteiger partial charge < -0.3 is 0 Å². The molecular weight excluding hydrogens is 343 g/mol. The minimum Gasteiger partial charge on any atom is -0.289 e. The fourth-order valence-electron chi connectivity index (χ4n) is 2.36. The maximum Gasteiger partial charge on any atom is 0.191 e. The van der Waals surface area contributed by atoms with E-state index in [1.54, 1.807) is 30.3 Å². The summed E-state index contributed by atoms with van der Waals surface area (Å²) >= 11 is 11.8. The highest BCUT2D eigenvalue weighted by Gasteiger charge is 2.32. The van der Waals surface area contributed by atoms with Gasteiger partial charge in [0.25, 0.3) is 0 Å². The van der Waals surface area contributed by atoms with E-state index < -0.39 is 9.84 Å². The molecule has 0 N–H and O–H groups in total. The number of rotatable bonds is 1. The molecule has 2 aromatic carbocycles. The van der Waals surface area contributed by atoms with Crippen molar-refractivity contribution in [2.24, 2.45) is 0 Å². The number of ketones is 1. The third-order valence-corrected chi connectivity index (χ3v) is 5.84. The number of hydrogen-bond acceptors (Lipinski definition) is 3. The SMILES string of the molecule is O=C1C(=Cc2ccc(Cl)c(Cl)c2)CS(=O)(=O)c2ccccc21. The van der Waals surface area contributed by atoms with Gasteiger partial charge in [0, 0.05) is 11.1 Å². The molecule has 112 valence electrons. The average Bonchev–Trinajstić information content (AvgIpc) is 2.48. The van der Waals surface area contributed by atoms with Crippen molar-refractivity contribution in [2.45, 2.75) is 4.90 Å². The van der Waals surface area contributed by atoms with Crippen LogP contribution in [0.5, 0.6) is 0 Å². The zero-order chi connectivity index (χ0) is 15.9. The van der Waals surface area contributed by atoms with Crippen LogP contribution in [0.3, 0.4) is 0 Å². The molecule has 0 fully saturated rings. The largest absolute Gasteiger partial charge is 0.289 e. The van der Waals surface area contributed by atoms with Crippen molar-refractivity contribution >= 4 is 44.9 Å². The number of benzene rings is 2. The summed E-state index contributed by atoms with van der Waals surface area (Å²) in [5.41, 5.74) is 1.06. The lowest BCUT2D eigenvalue weighted by molar-refractivity contribution is 0.103. The van der Waals surface area contributed by atoms with E-state index in [9.17, 15) is 13.2 Å². The number of halogens is 2. The third kappa shape index (κ3) is 2.70. The monoisotopic (exact) mass is 352 g/mol. The lowest BCUT2D eigenvalue weighted by Crippen LogP contribution is -2.24. The Bertz CT molecular complexity index is 915. The molecule has 2 aromatic rings. The lowest BCUT2D eigenvalue weighted by atomic mass is 10.0. The first-order valence-electron chi connectivity index (χ1n) is 6.40. The molecule has 1 aliphatic rings. The second kappa shape index (κ2) is 5.54. The van der Waals surface area contributed by atoms with Gasteiger partial charge in [0.05, 0.1) is 20.7 Å². The summed E-state index contributed by atoms with van der Waals surface area (Å²) in [5, 5.41) is 0.749. The predicted octanol–water partition coefficient (Wildman–Crippen LogP) is 4.05. The molecule has 0 aliphatic carbocycles. The van der Waals surface area contributed by atoms with Gasteiger partial charge in [-0.05, 0) is 35.9 Å². The van der Waals surface area contributed by atoms with Crippen molar-refractivity contribution in [1.82, 2.24) is 0 Å². The molecule has 0 spiro atoms. The molecule has 0 radical (unpaired) electrons. The molecular formula is C16H10Cl2O3S. The quantitative estimate of drug-likeness (QED) is 0.727. The Balaban J connectivity index is 2.12. The van der Waals surface area contributed by atoms with Crippen LogP contribution in [0.25, 0.3) is 6.08 Å². The number of sulfone groups is 1. The Kier molecular flexibility index (Phi) is 3.85. The van der Waals surface area contributed by atoms with Crippen LogP contribution >= 0.6 is 23.2 Å². The Morgan fingerprint density at radius 1 is 1.00 bits per heavy atom. The van der Waals surface area contributed by atoms with Crippen LogP contribution < -0.4 is 0 Å². The molecule has 1 aliphatic heterocycles. The van der Waals surface area contributed by atoms with E-state index in [1.807, 2.05) is 0 Å². The predicted molar refractivity (Wildman–Crippen MR) is 87.3 cm³/mol. The standard InChI is InChI=1S/C16H10Cl2O3S/c17-13-6-5-10(8-14(13)18)7-11-9-22(20,21)15-4-2-1-3-12(15)16(11)19/h1-8H,9H2. The van der Waals surface area contributed by atoms with Crippen molar-refractivity contribution < 1.29 is 13.2 Å². The van der Waals surface area contributed by atoms with Gasteiger partial charge >= 0.3 is 0 Å². The van der Waals surface area contributed by atoms with Crippen LogP contribution in [0.15, 0.2) is 52.9 Å². The van der Waals surface area contributed by atoms with Crippen molar-refractivity contribution in [3.05, 3.63) is 69.2 Å². The number of Topliss-reactive ketones (excluding diaryl/α,β-unsaturated/α-hetero) is 1. The van der Waals surface area contributed by atoms with Crippen LogP contribution in [0.4, 0.5) is 0 Å². The van der Waals surface area contributed by atoms with Crippen LogP contribution in [0.2, 0.25) is 10.0 Å². The highest BCUT2D eigenvalue weighted by atomic mass is 35.5. The smallest absolute Gasteiger partial charge is 0.191 e. The van der Waals surface area contributed by atoms with E-state index in [0.29, 0.717) is 15.6 Å². The summed E-state index contributed by atoms with van der Waals surface area (Å²) in [4.78, 5) is 12.6. The van der Waals surface area contributed by atoms with Gasteiger partial charge in [-0.1, -0.05) is 41.4 Å². The first-order valence-corrected chi connectivity index (χ1v) is 8.81. The average molecular weight is 353 g/mol. The number of fused-ring (bicyclic) bond motifs is 1. The Morgan fingerprint density at radius 3 is 2.45 bits per heavy atom. The zero-order valence-corrected chi connectivity index (χ0v) is 13.5. The first-order chi connectivity index (χ1) is 10.4. The molecule has 0 unspecified atom stereocenters.